The molecule has 4 nitrogen and oxygen atoms in total. The second kappa shape index (κ2) is 5.10. The van der Waals surface area contributed by atoms with Crippen molar-refractivity contribution in [2.24, 2.45) is 5.92 Å². The molecule has 98 valence electrons. The van der Waals surface area contributed by atoms with Crippen molar-refractivity contribution >= 4 is 15.7 Å². The molecule has 0 saturated carbocycles. The number of hydrogen-bond donors (Lipinski definition) is 1. The Kier molecular flexibility index (Phi) is 3.71. The van der Waals surface area contributed by atoms with Crippen molar-refractivity contribution in [3.05, 3.63) is 35.9 Å². The van der Waals surface area contributed by atoms with Gasteiger partial charge >= 0.3 is 0 Å². The number of amides is 1. The Morgan fingerprint density at radius 2 is 2.00 bits per heavy atom. The van der Waals surface area contributed by atoms with Gasteiger partial charge in [-0.05, 0) is 18.9 Å². The van der Waals surface area contributed by atoms with Crippen molar-refractivity contribution in [2.45, 2.75) is 19.4 Å². The molecule has 1 aliphatic heterocycles. The number of nitrogens with one attached hydrogen (secondary N) is 1. The maximum atomic E-state index is 11.9. The number of hydrogen-bond acceptors (Lipinski definition) is 3. The lowest BCUT2D eigenvalue weighted by molar-refractivity contribution is -0.124. The van der Waals surface area contributed by atoms with Crippen molar-refractivity contribution in [3.8, 4) is 0 Å². The van der Waals surface area contributed by atoms with E-state index in [-0.39, 0.29) is 29.4 Å². The lowest BCUT2D eigenvalue weighted by Gasteiger charge is -2.16. The highest BCUT2D eigenvalue weighted by Gasteiger charge is 2.33. The van der Waals surface area contributed by atoms with Crippen molar-refractivity contribution in [3.63, 3.8) is 0 Å². The van der Waals surface area contributed by atoms with Gasteiger partial charge in [0.05, 0.1) is 23.5 Å². The van der Waals surface area contributed by atoms with Crippen molar-refractivity contribution in [2.75, 3.05) is 11.5 Å². The average Bonchev–Trinajstić information content (AvgIpc) is 2.71. The summed E-state index contributed by atoms with van der Waals surface area (Å²) >= 11 is 0. The highest BCUT2D eigenvalue weighted by molar-refractivity contribution is 7.91. The summed E-state index contributed by atoms with van der Waals surface area (Å²) in [5, 5.41) is 2.87. The van der Waals surface area contributed by atoms with Crippen LogP contribution in [0.1, 0.15) is 24.9 Å². The number of carbonyl (C=O) groups is 1. The van der Waals surface area contributed by atoms with Gasteiger partial charge in [0.1, 0.15) is 0 Å². The fraction of sp³-hybridized carbons (Fsp3) is 0.462. The molecule has 0 bridgehead atoms. The molecule has 0 unspecified atom stereocenters. The van der Waals surface area contributed by atoms with Crippen LogP contribution in [-0.2, 0) is 14.6 Å². The Balaban J connectivity index is 1.96. The maximum absolute atomic E-state index is 11.9. The third-order valence-electron chi connectivity index (χ3n) is 3.26. The predicted octanol–water partition coefficient (Wildman–Crippen LogP) is 1.30. The Morgan fingerprint density at radius 1 is 1.33 bits per heavy atom. The van der Waals surface area contributed by atoms with Crippen LogP contribution in [0.25, 0.3) is 0 Å². The minimum Gasteiger partial charge on any atom is -0.349 e. The Bertz CT molecular complexity index is 524. The second-order valence-electron chi connectivity index (χ2n) is 4.74. The monoisotopic (exact) mass is 267 g/mol. The first-order valence-corrected chi connectivity index (χ1v) is 7.86. The molecule has 1 fully saturated rings. The zero-order valence-electron chi connectivity index (χ0n) is 10.3. The van der Waals surface area contributed by atoms with E-state index in [1.54, 1.807) is 0 Å². The lowest BCUT2D eigenvalue weighted by atomic mass is 10.1. The number of rotatable bonds is 3. The van der Waals surface area contributed by atoms with Crippen molar-refractivity contribution in [1.82, 2.24) is 5.32 Å². The summed E-state index contributed by atoms with van der Waals surface area (Å²) in [6.45, 7) is 1.90. The van der Waals surface area contributed by atoms with Gasteiger partial charge in [-0.2, -0.15) is 0 Å². The van der Waals surface area contributed by atoms with Crippen LogP contribution < -0.4 is 5.32 Å². The molecule has 5 heteroatoms. The first-order chi connectivity index (χ1) is 8.48. The van der Waals surface area contributed by atoms with E-state index >= 15 is 0 Å². The number of carbonyl (C=O) groups excluding carboxylic acids is 1. The smallest absolute Gasteiger partial charge is 0.224 e. The largest absolute Gasteiger partial charge is 0.349 e. The van der Waals surface area contributed by atoms with Crippen molar-refractivity contribution < 1.29 is 13.2 Å². The summed E-state index contributed by atoms with van der Waals surface area (Å²) < 4.78 is 22.6. The Hall–Kier alpha value is -1.36. The van der Waals surface area contributed by atoms with E-state index in [0.29, 0.717) is 6.42 Å². The highest BCUT2D eigenvalue weighted by atomic mass is 32.2. The summed E-state index contributed by atoms with van der Waals surface area (Å²) in [6, 6.07) is 9.53. The van der Waals surface area contributed by atoms with Crippen LogP contribution in [0.15, 0.2) is 30.3 Å². The first kappa shape index (κ1) is 13.1. The van der Waals surface area contributed by atoms with Gasteiger partial charge in [0.2, 0.25) is 5.91 Å². The molecule has 1 N–H and O–H groups in total. The molecule has 2 atom stereocenters. The van der Waals surface area contributed by atoms with Crippen molar-refractivity contribution in [1.29, 1.82) is 0 Å². The van der Waals surface area contributed by atoms with E-state index in [9.17, 15) is 13.2 Å². The molecular weight excluding hydrogens is 250 g/mol. The summed E-state index contributed by atoms with van der Waals surface area (Å²) in [5.74, 6) is -0.431. The van der Waals surface area contributed by atoms with Gasteiger partial charge in [-0.1, -0.05) is 30.3 Å². The third kappa shape index (κ3) is 3.10. The summed E-state index contributed by atoms with van der Waals surface area (Å²) in [6.07, 6.45) is 0.440. The van der Waals surface area contributed by atoms with Gasteiger partial charge in [0.15, 0.2) is 9.84 Å². The molecule has 0 spiro atoms. The van der Waals surface area contributed by atoms with Crippen LogP contribution in [-0.4, -0.2) is 25.8 Å². The molecule has 1 heterocycles. The van der Waals surface area contributed by atoms with E-state index in [0.717, 1.165) is 5.56 Å². The predicted molar refractivity (Wildman–Crippen MR) is 69.8 cm³/mol. The van der Waals surface area contributed by atoms with Gasteiger partial charge in [-0.25, -0.2) is 8.42 Å². The Labute approximate surface area is 107 Å². The molecule has 0 aliphatic carbocycles. The third-order valence-corrected chi connectivity index (χ3v) is 5.03. The van der Waals surface area contributed by atoms with Gasteiger partial charge in [0.25, 0.3) is 0 Å². The molecule has 1 saturated heterocycles. The summed E-state index contributed by atoms with van der Waals surface area (Å²) in [4.78, 5) is 11.9. The minimum absolute atomic E-state index is 0.0135. The highest BCUT2D eigenvalue weighted by Crippen LogP contribution is 2.20. The number of sulfone groups is 1. The topological polar surface area (TPSA) is 63.2 Å². The summed E-state index contributed by atoms with van der Waals surface area (Å²) in [7, 11) is -3.00. The molecular formula is C13H17NO3S. The first-order valence-electron chi connectivity index (χ1n) is 6.04. The number of benzene rings is 1. The van der Waals surface area contributed by atoms with E-state index < -0.39 is 9.84 Å². The molecule has 1 aromatic rings. The Morgan fingerprint density at radius 3 is 2.56 bits per heavy atom. The fourth-order valence-corrected chi connectivity index (χ4v) is 3.90. The van der Waals surface area contributed by atoms with Crippen LogP contribution in [0.2, 0.25) is 0 Å². The normalized spacial score (nSPS) is 23.5. The minimum atomic E-state index is -3.00. The molecule has 0 aromatic heterocycles. The molecule has 18 heavy (non-hydrogen) atoms. The van der Waals surface area contributed by atoms with Crippen LogP contribution in [0.4, 0.5) is 0 Å². The van der Waals surface area contributed by atoms with E-state index in [1.165, 1.54) is 0 Å². The molecule has 1 amide bonds. The second-order valence-corrected chi connectivity index (χ2v) is 6.97. The van der Waals surface area contributed by atoms with Crippen LogP contribution in [0.3, 0.4) is 0 Å². The standard InChI is InChI=1S/C13H17NO3S/c1-10(11-5-3-2-4-6-11)14-13(15)12-7-8-18(16,17)9-12/h2-6,10,12H,7-9H2,1H3,(H,14,15)/t10-,12-/m1/s1. The fourth-order valence-electron chi connectivity index (χ4n) is 2.16. The molecule has 1 aliphatic rings. The maximum Gasteiger partial charge on any atom is 0.224 e. The van der Waals surface area contributed by atoms with Gasteiger partial charge in [-0.3, -0.25) is 4.79 Å². The molecule has 2 rings (SSSR count). The lowest BCUT2D eigenvalue weighted by Crippen LogP contribution is -2.33. The zero-order chi connectivity index (χ0) is 13.2. The van der Waals surface area contributed by atoms with Crippen LogP contribution in [0, 0.1) is 5.92 Å². The van der Waals surface area contributed by atoms with Gasteiger partial charge in [0, 0.05) is 0 Å². The van der Waals surface area contributed by atoms with Crippen LogP contribution >= 0.6 is 0 Å². The molecule has 1 aromatic carbocycles. The van der Waals surface area contributed by atoms with E-state index in [1.807, 2.05) is 37.3 Å². The van der Waals surface area contributed by atoms with Gasteiger partial charge < -0.3 is 5.32 Å². The van der Waals surface area contributed by atoms with Gasteiger partial charge in [-0.15, -0.1) is 0 Å². The quantitative estimate of drug-likeness (QED) is 0.897. The SMILES string of the molecule is C[C@@H](NC(=O)[C@@H]1CCS(=O)(=O)C1)c1ccccc1. The molecule has 0 radical (unpaired) electrons. The van der Waals surface area contributed by atoms with E-state index in [2.05, 4.69) is 5.32 Å². The average molecular weight is 267 g/mol. The van der Waals surface area contributed by atoms with E-state index in [4.69, 9.17) is 0 Å². The zero-order valence-corrected chi connectivity index (χ0v) is 11.1. The van der Waals surface area contributed by atoms with Crippen LogP contribution in [0.5, 0.6) is 0 Å². The summed E-state index contributed by atoms with van der Waals surface area (Å²) in [5.41, 5.74) is 1.02.